The van der Waals surface area contributed by atoms with Crippen LogP contribution in [0.5, 0.6) is 0 Å². The second-order valence-corrected chi connectivity index (χ2v) is 6.31. The van der Waals surface area contributed by atoms with Crippen molar-refractivity contribution in [2.45, 2.75) is 33.7 Å². The Morgan fingerprint density at radius 3 is 2.81 bits per heavy atom. The Morgan fingerprint density at radius 1 is 1.38 bits per heavy atom. The number of thiocarbonyl (C=S) groups is 1. The van der Waals surface area contributed by atoms with E-state index in [1.165, 1.54) is 22.4 Å². The molecule has 0 bridgehead atoms. The van der Waals surface area contributed by atoms with Crippen LogP contribution in [0.15, 0.2) is 12.1 Å². The molecule has 0 fully saturated rings. The van der Waals surface area contributed by atoms with Crippen LogP contribution in [0, 0.1) is 13.8 Å². The largest absolute Gasteiger partial charge is 0.389 e. The van der Waals surface area contributed by atoms with Gasteiger partial charge in [0.15, 0.2) is 0 Å². The number of benzene rings is 1. The van der Waals surface area contributed by atoms with Gasteiger partial charge in [-0.05, 0) is 43.1 Å². The van der Waals surface area contributed by atoms with Crippen molar-refractivity contribution in [2.75, 3.05) is 13.1 Å². The van der Waals surface area contributed by atoms with Crippen molar-refractivity contribution in [1.29, 1.82) is 0 Å². The molecule has 4 heteroatoms. The molecule has 1 aromatic heterocycles. The fourth-order valence-corrected chi connectivity index (χ4v) is 3.58. The van der Waals surface area contributed by atoms with E-state index in [-0.39, 0.29) is 0 Å². The van der Waals surface area contributed by atoms with Crippen LogP contribution in [0.3, 0.4) is 0 Å². The van der Waals surface area contributed by atoms with Crippen LogP contribution in [0.2, 0.25) is 0 Å². The summed E-state index contributed by atoms with van der Waals surface area (Å²) < 4.78 is 0. The second kappa shape index (κ2) is 5.35. The molecular weight excluding hydrogens is 278 g/mol. The smallest absolute Gasteiger partial charge is 0.105 e. The Labute approximate surface area is 131 Å². The highest BCUT2D eigenvalue weighted by molar-refractivity contribution is 7.80. The summed E-state index contributed by atoms with van der Waals surface area (Å²) in [6.45, 7) is 9.41. The summed E-state index contributed by atoms with van der Waals surface area (Å²) in [6, 6.07) is 4.31. The minimum atomic E-state index is 0.489. The monoisotopic (exact) mass is 299 g/mol. The highest BCUT2D eigenvalue weighted by Crippen LogP contribution is 2.30. The van der Waals surface area contributed by atoms with Gasteiger partial charge >= 0.3 is 0 Å². The van der Waals surface area contributed by atoms with Crippen LogP contribution < -0.4 is 5.73 Å². The van der Waals surface area contributed by atoms with Gasteiger partial charge in [0.2, 0.25) is 0 Å². The van der Waals surface area contributed by atoms with Gasteiger partial charge in [-0.3, -0.25) is 9.88 Å². The number of rotatable bonds is 2. The Balaban J connectivity index is 2.35. The number of aryl methyl sites for hydroxylation is 2. The van der Waals surface area contributed by atoms with Crippen molar-refractivity contribution >= 4 is 28.1 Å². The molecular formula is C17H21N3S. The summed E-state index contributed by atoms with van der Waals surface area (Å²) in [5.41, 5.74) is 13.0. The first-order valence-electron chi connectivity index (χ1n) is 7.46. The SMILES string of the molecule is CCN1CCc2nc3cc(C)cc(C)c3c(C(N)=S)c2C1. The summed E-state index contributed by atoms with van der Waals surface area (Å²) in [5.74, 6) is 0. The van der Waals surface area contributed by atoms with Gasteiger partial charge in [0.25, 0.3) is 0 Å². The molecule has 3 rings (SSSR count). The molecule has 0 saturated carbocycles. The van der Waals surface area contributed by atoms with Gasteiger partial charge in [-0.15, -0.1) is 0 Å². The van der Waals surface area contributed by atoms with Gasteiger partial charge in [0, 0.05) is 36.2 Å². The number of hydrogen-bond donors (Lipinski definition) is 1. The molecule has 1 aliphatic rings. The van der Waals surface area contributed by atoms with Gasteiger partial charge < -0.3 is 5.73 Å². The molecule has 0 radical (unpaired) electrons. The lowest BCUT2D eigenvalue weighted by molar-refractivity contribution is 0.266. The summed E-state index contributed by atoms with van der Waals surface area (Å²) in [4.78, 5) is 7.81. The van der Waals surface area contributed by atoms with E-state index < -0.39 is 0 Å². The zero-order valence-corrected chi connectivity index (χ0v) is 13.7. The van der Waals surface area contributed by atoms with Crippen LogP contribution in [-0.4, -0.2) is 28.0 Å². The van der Waals surface area contributed by atoms with E-state index in [1.807, 2.05) is 0 Å². The molecule has 3 nitrogen and oxygen atoms in total. The first kappa shape index (κ1) is 14.4. The van der Waals surface area contributed by atoms with Crippen molar-refractivity contribution in [3.8, 4) is 0 Å². The first-order valence-corrected chi connectivity index (χ1v) is 7.87. The zero-order chi connectivity index (χ0) is 15.1. The van der Waals surface area contributed by atoms with E-state index in [1.54, 1.807) is 0 Å². The molecule has 21 heavy (non-hydrogen) atoms. The standard InChI is InChI=1S/C17H21N3S/c1-4-20-6-5-13-12(9-20)16(17(18)21)15-11(3)7-10(2)8-14(15)19-13/h7-8H,4-6,9H2,1-3H3,(H2,18,21). The van der Waals surface area contributed by atoms with Crippen molar-refractivity contribution in [3.63, 3.8) is 0 Å². The minimum absolute atomic E-state index is 0.489. The number of fused-ring (bicyclic) bond motifs is 2. The third-order valence-corrected chi connectivity index (χ3v) is 4.56. The number of nitrogens with two attached hydrogens (primary N) is 1. The molecule has 0 atom stereocenters. The predicted molar refractivity (Wildman–Crippen MR) is 91.8 cm³/mol. The summed E-state index contributed by atoms with van der Waals surface area (Å²) in [5, 5.41) is 1.13. The maximum atomic E-state index is 6.08. The van der Waals surface area contributed by atoms with Gasteiger partial charge in [-0.25, -0.2) is 0 Å². The maximum Gasteiger partial charge on any atom is 0.105 e. The van der Waals surface area contributed by atoms with Crippen LogP contribution in [0.25, 0.3) is 10.9 Å². The summed E-state index contributed by atoms with van der Waals surface area (Å²) >= 11 is 5.37. The first-order chi connectivity index (χ1) is 10.0. The van der Waals surface area contributed by atoms with Crippen molar-refractivity contribution in [3.05, 3.63) is 40.1 Å². The molecule has 2 N–H and O–H groups in total. The Morgan fingerprint density at radius 2 is 2.14 bits per heavy atom. The van der Waals surface area contributed by atoms with Crippen LogP contribution in [0.1, 0.15) is 34.9 Å². The Bertz CT molecular complexity index is 737. The third kappa shape index (κ3) is 2.43. The van der Waals surface area contributed by atoms with Gasteiger partial charge in [0.05, 0.1) is 5.52 Å². The predicted octanol–water partition coefficient (Wildman–Crippen LogP) is 2.86. The van der Waals surface area contributed by atoms with Crippen molar-refractivity contribution in [1.82, 2.24) is 9.88 Å². The number of nitrogens with zero attached hydrogens (tertiary/aromatic N) is 2. The van der Waals surface area contributed by atoms with Crippen LogP contribution in [-0.2, 0) is 13.0 Å². The van der Waals surface area contributed by atoms with Gasteiger partial charge in [0.1, 0.15) is 4.99 Å². The van der Waals surface area contributed by atoms with E-state index in [0.717, 1.165) is 42.5 Å². The normalized spacial score (nSPS) is 15.2. The molecule has 0 spiro atoms. The molecule has 0 unspecified atom stereocenters. The number of likely N-dealkylation sites (N-methyl/N-ethyl adjacent to an activating group) is 1. The average Bonchev–Trinajstić information content (AvgIpc) is 2.43. The lowest BCUT2D eigenvalue weighted by Crippen LogP contribution is -2.33. The van der Waals surface area contributed by atoms with E-state index in [0.29, 0.717) is 4.99 Å². The number of aromatic nitrogens is 1. The van der Waals surface area contributed by atoms with Gasteiger partial charge in [-0.2, -0.15) is 0 Å². The van der Waals surface area contributed by atoms with Crippen molar-refractivity contribution in [2.24, 2.45) is 5.73 Å². The number of pyridine rings is 1. The van der Waals surface area contributed by atoms with Crippen LogP contribution >= 0.6 is 12.2 Å². The van der Waals surface area contributed by atoms with E-state index >= 15 is 0 Å². The average molecular weight is 299 g/mol. The molecule has 0 aliphatic carbocycles. The molecule has 0 amide bonds. The second-order valence-electron chi connectivity index (χ2n) is 5.87. The Hall–Kier alpha value is -1.52. The Kier molecular flexibility index (Phi) is 3.68. The quantitative estimate of drug-likeness (QED) is 0.866. The van der Waals surface area contributed by atoms with Crippen molar-refractivity contribution < 1.29 is 0 Å². The summed E-state index contributed by atoms with van der Waals surface area (Å²) in [6.07, 6.45) is 0.974. The summed E-state index contributed by atoms with van der Waals surface area (Å²) in [7, 11) is 0. The lowest BCUT2D eigenvalue weighted by Gasteiger charge is -2.29. The van der Waals surface area contributed by atoms with E-state index in [2.05, 4.69) is 37.8 Å². The zero-order valence-electron chi connectivity index (χ0n) is 12.9. The van der Waals surface area contributed by atoms with Crippen LogP contribution in [0.4, 0.5) is 0 Å². The topological polar surface area (TPSA) is 42.2 Å². The lowest BCUT2D eigenvalue weighted by atomic mass is 9.93. The number of hydrogen-bond acceptors (Lipinski definition) is 3. The van der Waals surface area contributed by atoms with Gasteiger partial charge in [-0.1, -0.05) is 25.2 Å². The molecule has 0 saturated heterocycles. The highest BCUT2D eigenvalue weighted by Gasteiger charge is 2.23. The molecule has 2 aromatic rings. The molecule has 2 heterocycles. The third-order valence-electron chi connectivity index (χ3n) is 4.35. The molecule has 1 aromatic carbocycles. The highest BCUT2D eigenvalue weighted by atomic mass is 32.1. The van der Waals surface area contributed by atoms with E-state index in [9.17, 15) is 0 Å². The minimum Gasteiger partial charge on any atom is -0.389 e. The fourth-order valence-electron chi connectivity index (χ4n) is 3.35. The molecule has 1 aliphatic heterocycles. The van der Waals surface area contributed by atoms with E-state index in [4.69, 9.17) is 22.9 Å². The maximum absolute atomic E-state index is 6.08. The fraction of sp³-hybridized carbons (Fsp3) is 0.412. The molecule has 110 valence electrons.